The molecule has 0 aromatic heterocycles. The first kappa shape index (κ1) is 34.3. The third-order valence-electron chi connectivity index (χ3n) is 8.85. The van der Waals surface area contributed by atoms with Gasteiger partial charge in [-0.25, -0.2) is 48.3 Å². The Morgan fingerprint density at radius 1 is 0.673 bits per heavy atom. The lowest BCUT2D eigenvalue weighted by molar-refractivity contribution is -0.136. The molecule has 2 fully saturated rings. The lowest BCUT2D eigenvalue weighted by atomic mass is 9.93. The molecule has 260 valence electrons. The number of hydrogen-bond donors (Lipinski definition) is 1. The number of carbonyl (C=O) groups excluding carboxylic acids is 3. The van der Waals surface area contributed by atoms with Crippen molar-refractivity contribution < 1.29 is 62.7 Å². The van der Waals surface area contributed by atoms with Crippen molar-refractivity contribution in [3.05, 3.63) is 104 Å². The predicted molar refractivity (Wildman–Crippen MR) is 144 cm³/mol. The average Bonchev–Trinajstić information content (AvgIpc) is 3.40. The van der Waals surface area contributed by atoms with Crippen molar-refractivity contribution in [3.63, 3.8) is 0 Å². The summed E-state index contributed by atoms with van der Waals surface area (Å²) < 4.78 is 160. The Labute approximate surface area is 268 Å². The van der Waals surface area contributed by atoms with Gasteiger partial charge in [-0.1, -0.05) is 6.07 Å². The van der Waals surface area contributed by atoms with Gasteiger partial charge in [0.05, 0.1) is 22.7 Å². The second kappa shape index (κ2) is 12.7. The summed E-state index contributed by atoms with van der Waals surface area (Å²) in [6.07, 6.45) is 0.0197. The van der Waals surface area contributed by atoms with Crippen LogP contribution in [0, 0.1) is 64.0 Å². The van der Waals surface area contributed by atoms with Crippen LogP contribution in [0.3, 0.4) is 0 Å². The lowest BCUT2D eigenvalue weighted by Crippen LogP contribution is -2.52. The molecule has 3 amide bonds. The lowest BCUT2D eigenvalue weighted by Gasteiger charge is -2.40. The molecule has 0 aliphatic carbocycles. The molecule has 18 heteroatoms. The summed E-state index contributed by atoms with van der Waals surface area (Å²) in [6, 6.07) is -1.14. The van der Waals surface area contributed by atoms with Crippen LogP contribution < -0.4 is 5.32 Å². The van der Waals surface area contributed by atoms with Gasteiger partial charge < -0.3 is 4.90 Å². The van der Waals surface area contributed by atoms with Gasteiger partial charge in [-0.05, 0) is 23.6 Å². The number of rotatable bonds is 6. The molecule has 0 spiro atoms. The Kier molecular flexibility index (Phi) is 8.89. The van der Waals surface area contributed by atoms with Gasteiger partial charge >= 0.3 is 0 Å². The first-order valence-corrected chi connectivity index (χ1v) is 14.6. The van der Waals surface area contributed by atoms with E-state index in [0.29, 0.717) is 5.56 Å². The summed E-state index contributed by atoms with van der Waals surface area (Å²) in [5.41, 5.74) is -3.40. The van der Waals surface area contributed by atoms with E-state index in [0.717, 1.165) is 15.9 Å². The number of hydrogen-bond acceptors (Lipinski definition) is 5. The van der Waals surface area contributed by atoms with Crippen molar-refractivity contribution in [2.24, 2.45) is 0 Å². The van der Waals surface area contributed by atoms with Crippen LogP contribution in [-0.4, -0.2) is 64.6 Å². The highest BCUT2D eigenvalue weighted by molar-refractivity contribution is 6.05. The quantitative estimate of drug-likeness (QED) is 0.171. The van der Waals surface area contributed by atoms with E-state index in [-0.39, 0.29) is 50.1 Å². The molecular formula is C31H21F11N4O3. The highest BCUT2D eigenvalue weighted by Crippen LogP contribution is 2.40. The minimum atomic E-state index is -2.67. The number of nitrogens with one attached hydrogen (secondary N) is 1. The Bertz CT molecular complexity index is 1810. The van der Waals surface area contributed by atoms with Crippen LogP contribution in [0.15, 0.2) is 12.1 Å². The number of fused-ring (bicyclic) bond motifs is 1. The number of piperazine rings is 1. The summed E-state index contributed by atoms with van der Waals surface area (Å²) in [4.78, 5) is 40.3. The fourth-order valence-corrected chi connectivity index (χ4v) is 6.48. The number of amides is 3. The molecule has 2 saturated heterocycles. The summed E-state index contributed by atoms with van der Waals surface area (Å²) in [5.74, 6) is -28.3. The number of piperidine rings is 1. The molecule has 3 aliphatic rings. The Morgan fingerprint density at radius 2 is 1.16 bits per heavy atom. The van der Waals surface area contributed by atoms with E-state index in [1.807, 2.05) is 0 Å². The number of benzene rings is 3. The molecule has 3 aliphatic heterocycles. The highest BCUT2D eigenvalue weighted by Gasteiger charge is 2.43. The maximum Gasteiger partial charge on any atom is 0.258 e. The second-order valence-corrected chi connectivity index (χ2v) is 11.7. The molecular weight excluding hydrogens is 685 g/mol. The molecule has 3 aromatic carbocycles. The number of nitrogens with zero attached hydrogens (tertiary/aromatic N) is 3. The Hall–Kier alpha value is -4.58. The standard InChI is InChI=1S/C31H21F11N4O3/c32-13-8-11(7-12-10-46(31(49)16(12)13)14-1-2-15(47)43-30(14)48)9-44-3-5-45(6-4-44)29(17-19(33)23(37)27(41)24(38)20(17)34)18-21(35)25(39)28(42)26(40)22(18)36/h7-8,14,29H,1-6,9-10H2,(H,43,47,48). The molecule has 3 heterocycles. The van der Waals surface area contributed by atoms with Gasteiger partial charge in [-0.3, -0.25) is 29.5 Å². The number of imide groups is 1. The maximum atomic E-state index is 15.2. The minimum Gasteiger partial charge on any atom is -0.322 e. The van der Waals surface area contributed by atoms with Gasteiger partial charge in [0, 0.05) is 45.7 Å². The largest absolute Gasteiger partial charge is 0.322 e. The average molecular weight is 707 g/mol. The Morgan fingerprint density at radius 3 is 1.65 bits per heavy atom. The van der Waals surface area contributed by atoms with E-state index in [2.05, 4.69) is 5.32 Å². The van der Waals surface area contributed by atoms with Crippen molar-refractivity contribution in [1.29, 1.82) is 0 Å². The van der Waals surface area contributed by atoms with Crippen molar-refractivity contribution >= 4 is 17.7 Å². The van der Waals surface area contributed by atoms with Crippen LogP contribution in [0.4, 0.5) is 48.3 Å². The van der Waals surface area contributed by atoms with Crippen LogP contribution in [-0.2, 0) is 22.7 Å². The SMILES string of the molecule is O=C1CCC(N2Cc3cc(CN4CCN(C(c5c(F)c(F)c(F)c(F)c5F)c5c(F)c(F)c(F)c(F)c5F)CC4)cc(F)c3C2=O)C(=O)N1. The normalized spacial score (nSPS) is 18.9. The van der Waals surface area contributed by atoms with Gasteiger partial charge in [0.15, 0.2) is 46.5 Å². The van der Waals surface area contributed by atoms with Gasteiger partial charge in [0.2, 0.25) is 23.4 Å². The van der Waals surface area contributed by atoms with Gasteiger partial charge in [0.1, 0.15) is 11.9 Å². The Balaban J connectivity index is 1.27. The van der Waals surface area contributed by atoms with E-state index >= 15 is 4.39 Å². The van der Waals surface area contributed by atoms with Crippen LogP contribution >= 0.6 is 0 Å². The topological polar surface area (TPSA) is 73.0 Å². The summed E-state index contributed by atoms with van der Waals surface area (Å²) >= 11 is 0. The molecule has 0 saturated carbocycles. The monoisotopic (exact) mass is 706 g/mol. The van der Waals surface area contributed by atoms with Gasteiger partial charge in [0.25, 0.3) is 5.91 Å². The summed E-state index contributed by atoms with van der Waals surface area (Å²) in [5, 5.41) is 2.13. The summed E-state index contributed by atoms with van der Waals surface area (Å²) in [7, 11) is 0. The van der Waals surface area contributed by atoms with Crippen LogP contribution in [0.25, 0.3) is 0 Å². The van der Waals surface area contributed by atoms with Crippen molar-refractivity contribution in [2.45, 2.75) is 38.0 Å². The van der Waals surface area contributed by atoms with E-state index in [1.165, 1.54) is 6.07 Å². The van der Waals surface area contributed by atoms with Crippen molar-refractivity contribution in [1.82, 2.24) is 20.0 Å². The molecule has 0 radical (unpaired) electrons. The highest BCUT2D eigenvalue weighted by atomic mass is 19.2. The number of halogens is 11. The molecule has 49 heavy (non-hydrogen) atoms. The van der Waals surface area contributed by atoms with E-state index in [4.69, 9.17) is 0 Å². The van der Waals surface area contributed by atoms with Gasteiger partial charge in [-0.2, -0.15) is 0 Å². The van der Waals surface area contributed by atoms with Crippen molar-refractivity contribution in [3.8, 4) is 0 Å². The van der Waals surface area contributed by atoms with E-state index in [1.54, 1.807) is 4.90 Å². The third kappa shape index (κ3) is 5.69. The first-order chi connectivity index (χ1) is 23.1. The molecule has 6 rings (SSSR count). The van der Waals surface area contributed by atoms with Crippen LogP contribution in [0.2, 0.25) is 0 Å². The minimum absolute atomic E-state index is 0.0221. The fraction of sp³-hybridized carbons (Fsp3) is 0.323. The molecule has 3 aromatic rings. The molecule has 0 bridgehead atoms. The molecule has 1 unspecified atom stereocenters. The maximum absolute atomic E-state index is 15.2. The zero-order chi connectivity index (χ0) is 35.6. The molecule has 7 nitrogen and oxygen atoms in total. The molecule has 1 N–H and O–H groups in total. The predicted octanol–water partition coefficient (Wildman–Crippen LogP) is 4.88. The van der Waals surface area contributed by atoms with Crippen molar-refractivity contribution in [2.75, 3.05) is 26.2 Å². The zero-order valence-electron chi connectivity index (χ0n) is 24.7. The first-order valence-electron chi connectivity index (χ1n) is 14.6. The van der Waals surface area contributed by atoms with Crippen LogP contribution in [0.1, 0.15) is 51.5 Å². The van der Waals surface area contributed by atoms with E-state index < -0.39 is 118 Å². The zero-order valence-corrected chi connectivity index (χ0v) is 24.7. The summed E-state index contributed by atoms with van der Waals surface area (Å²) in [6.45, 7) is -1.51. The third-order valence-corrected chi connectivity index (χ3v) is 8.85. The smallest absolute Gasteiger partial charge is 0.258 e. The molecule has 1 atom stereocenters. The van der Waals surface area contributed by atoms with Gasteiger partial charge in [-0.15, -0.1) is 0 Å². The van der Waals surface area contributed by atoms with Crippen LogP contribution in [0.5, 0.6) is 0 Å². The van der Waals surface area contributed by atoms with E-state index in [9.17, 15) is 58.3 Å². The second-order valence-electron chi connectivity index (χ2n) is 11.7. The number of carbonyl (C=O) groups is 3. The fourth-order valence-electron chi connectivity index (χ4n) is 6.48.